The molecule has 0 amide bonds. The minimum atomic E-state index is -0.593. The molecule has 14 heavy (non-hydrogen) atoms. The molecule has 0 fully saturated rings. The molecule has 1 aliphatic heterocycles. The standard InChI is InChI=1S/C8H8Br2O4/c1-3(7(11)13-2)6-4(9)5(10)8(12)14-6/h3,6H,1-2H3/t3?,6-/m1/s1. The fourth-order valence-corrected chi connectivity index (χ4v) is 2.04. The highest BCUT2D eigenvalue weighted by atomic mass is 79.9. The highest BCUT2D eigenvalue weighted by molar-refractivity contribution is 9.14. The molecule has 0 aromatic heterocycles. The number of hydrogen-bond donors (Lipinski definition) is 0. The lowest BCUT2D eigenvalue weighted by molar-refractivity contribution is -0.152. The number of halogens is 2. The first-order chi connectivity index (χ1) is 6.49. The summed E-state index contributed by atoms with van der Waals surface area (Å²) in [5.41, 5.74) is 0. The van der Waals surface area contributed by atoms with Gasteiger partial charge in [0, 0.05) is 0 Å². The lowest BCUT2D eigenvalue weighted by atomic mass is 10.1. The van der Waals surface area contributed by atoms with Crippen LogP contribution in [0.25, 0.3) is 0 Å². The molecule has 1 unspecified atom stereocenters. The van der Waals surface area contributed by atoms with Gasteiger partial charge < -0.3 is 9.47 Å². The van der Waals surface area contributed by atoms with E-state index in [1.54, 1.807) is 6.92 Å². The molecule has 1 aliphatic rings. The minimum Gasteiger partial charge on any atom is -0.469 e. The van der Waals surface area contributed by atoms with E-state index in [9.17, 15) is 9.59 Å². The van der Waals surface area contributed by atoms with Crippen LogP contribution in [0, 0.1) is 5.92 Å². The predicted molar refractivity (Wildman–Crippen MR) is 55.9 cm³/mol. The third kappa shape index (κ3) is 2.00. The van der Waals surface area contributed by atoms with Crippen LogP contribution in [-0.4, -0.2) is 25.2 Å². The number of rotatable bonds is 2. The topological polar surface area (TPSA) is 52.6 Å². The highest BCUT2D eigenvalue weighted by Crippen LogP contribution is 2.35. The molecule has 2 atom stereocenters. The van der Waals surface area contributed by atoms with Crippen LogP contribution in [0.1, 0.15) is 6.92 Å². The fraction of sp³-hybridized carbons (Fsp3) is 0.500. The number of carbonyl (C=O) groups excluding carboxylic acids is 2. The van der Waals surface area contributed by atoms with Gasteiger partial charge in [-0.1, -0.05) is 15.9 Å². The summed E-state index contributed by atoms with van der Waals surface area (Å²) in [5, 5.41) is 0. The second-order valence-electron chi connectivity index (χ2n) is 2.80. The maximum absolute atomic E-state index is 11.2. The van der Waals surface area contributed by atoms with Gasteiger partial charge in [0.05, 0.1) is 17.5 Å². The van der Waals surface area contributed by atoms with Crippen LogP contribution >= 0.6 is 31.9 Å². The van der Waals surface area contributed by atoms with Crippen molar-refractivity contribution in [2.24, 2.45) is 5.92 Å². The lowest BCUT2D eigenvalue weighted by Crippen LogP contribution is -2.27. The zero-order valence-corrected chi connectivity index (χ0v) is 10.7. The van der Waals surface area contributed by atoms with Gasteiger partial charge in [-0.25, -0.2) is 4.79 Å². The quantitative estimate of drug-likeness (QED) is 0.725. The van der Waals surface area contributed by atoms with Crippen molar-refractivity contribution in [2.75, 3.05) is 7.11 Å². The van der Waals surface area contributed by atoms with Crippen molar-refractivity contribution in [1.82, 2.24) is 0 Å². The third-order valence-corrected chi connectivity index (χ3v) is 4.03. The summed E-state index contributed by atoms with van der Waals surface area (Å²) in [7, 11) is 1.29. The molecule has 4 nitrogen and oxygen atoms in total. The average Bonchev–Trinajstić information content (AvgIpc) is 2.43. The first-order valence-electron chi connectivity index (χ1n) is 3.83. The van der Waals surface area contributed by atoms with Gasteiger partial charge in [0.1, 0.15) is 10.6 Å². The smallest absolute Gasteiger partial charge is 0.346 e. The van der Waals surface area contributed by atoms with Gasteiger partial charge in [0.2, 0.25) is 0 Å². The number of carbonyl (C=O) groups is 2. The number of cyclic esters (lactones) is 1. The number of esters is 2. The molecule has 0 aromatic rings. The van der Waals surface area contributed by atoms with Crippen LogP contribution in [0.2, 0.25) is 0 Å². The highest BCUT2D eigenvalue weighted by Gasteiger charge is 2.38. The summed E-state index contributed by atoms with van der Waals surface area (Å²) in [6.07, 6.45) is -0.593. The molecule has 78 valence electrons. The monoisotopic (exact) mass is 326 g/mol. The van der Waals surface area contributed by atoms with Gasteiger partial charge >= 0.3 is 11.9 Å². The van der Waals surface area contributed by atoms with E-state index in [0.29, 0.717) is 8.96 Å². The van der Waals surface area contributed by atoms with E-state index in [1.807, 2.05) is 0 Å². The van der Waals surface area contributed by atoms with E-state index in [0.717, 1.165) is 0 Å². The Morgan fingerprint density at radius 3 is 2.50 bits per heavy atom. The van der Waals surface area contributed by atoms with Gasteiger partial charge in [-0.3, -0.25) is 4.79 Å². The van der Waals surface area contributed by atoms with Crippen molar-refractivity contribution in [3.8, 4) is 0 Å². The molecule has 0 spiro atoms. The molecule has 0 aromatic carbocycles. The Labute approximate surface area is 97.9 Å². The Morgan fingerprint density at radius 1 is 1.57 bits per heavy atom. The van der Waals surface area contributed by atoms with Crippen molar-refractivity contribution in [1.29, 1.82) is 0 Å². The lowest BCUT2D eigenvalue weighted by Gasteiger charge is -2.16. The van der Waals surface area contributed by atoms with E-state index in [4.69, 9.17) is 4.74 Å². The van der Waals surface area contributed by atoms with Crippen LogP contribution in [0.3, 0.4) is 0 Å². The third-order valence-electron chi connectivity index (χ3n) is 1.90. The summed E-state index contributed by atoms with van der Waals surface area (Å²) >= 11 is 6.24. The van der Waals surface area contributed by atoms with E-state index in [-0.39, 0.29) is 0 Å². The zero-order valence-electron chi connectivity index (χ0n) is 7.54. The number of methoxy groups -OCH3 is 1. The Hall–Kier alpha value is -0.360. The summed E-state index contributed by atoms with van der Waals surface area (Å²) in [6, 6.07) is 0. The molecule has 1 rings (SSSR count). The van der Waals surface area contributed by atoms with Gasteiger partial charge in [-0.15, -0.1) is 0 Å². The number of hydrogen-bond acceptors (Lipinski definition) is 4. The molecule has 0 bridgehead atoms. The van der Waals surface area contributed by atoms with Gasteiger partial charge in [0.15, 0.2) is 0 Å². The first-order valence-corrected chi connectivity index (χ1v) is 5.41. The second kappa shape index (κ2) is 4.44. The van der Waals surface area contributed by atoms with Gasteiger partial charge in [0.25, 0.3) is 0 Å². The Balaban J connectivity index is 2.83. The normalized spacial score (nSPS) is 23.4. The average molecular weight is 328 g/mol. The summed E-state index contributed by atoms with van der Waals surface area (Å²) in [4.78, 5) is 22.3. The van der Waals surface area contributed by atoms with E-state index in [1.165, 1.54) is 7.11 Å². The Bertz CT molecular complexity index is 310. The summed E-state index contributed by atoms with van der Waals surface area (Å²) in [6.45, 7) is 1.64. The van der Waals surface area contributed by atoms with Crippen molar-refractivity contribution in [3.05, 3.63) is 8.96 Å². The van der Waals surface area contributed by atoms with E-state index >= 15 is 0 Å². The number of ether oxygens (including phenoxy) is 2. The van der Waals surface area contributed by atoms with Crippen LogP contribution < -0.4 is 0 Å². The molecule has 0 saturated carbocycles. The maximum Gasteiger partial charge on any atom is 0.346 e. The molecule has 0 N–H and O–H groups in total. The zero-order chi connectivity index (χ0) is 10.9. The predicted octanol–water partition coefficient (Wildman–Crippen LogP) is 1.72. The van der Waals surface area contributed by atoms with E-state index < -0.39 is 24.0 Å². The molecule has 0 radical (unpaired) electrons. The molecule has 0 saturated heterocycles. The summed E-state index contributed by atoms with van der Waals surface area (Å²) < 4.78 is 10.4. The van der Waals surface area contributed by atoms with Crippen molar-refractivity contribution in [2.45, 2.75) is 13.0 Å². The van der Waals surface area contributed by atoms with Crippen molar-refractivity contribution >= 4 is 43.8 Å². The summed E-state index contributed by atoms with van der Waals surface area (Å²) in [5.74, 6) is -1.41. The minimum absolute atomic E-state index is 0.318. The molecule has 6 heteroatoms. The largest absolute Gasteiger partial charge is 0.469 e. The molecule has 0 aliphatic carbocycles. The first kappa shape index (κ1) is 11.7. The van der Waals surface area contributed by atoms with Gasteiger partial charge in [-0.05, 0) is 22.9 Å². The van der Waals surface area contributed by atoms with Crippen LogP contribution in [0.4, 0.5) is 0 Å². The van der Waals surface area contributed by atoms with Crippen LogP contribution in [0.15, 0.2) is 8.96 Å². The fourth-order valence-electron chi connectivity index (χ4n) is 1.07. The Morgan fingerprint density at radius 2 is 2.14 bits per heavy atom. The van der Waals surface area contributed by atoms with Crippen molar-refractivity contribution in [3.63, 3.8) is 0 Å². The van der Waals surface area contributed by atoms with Crippen LogP contribution in [-0.2, 0) is 19.1 Å². The molecule has 1 heterocycles. The second-order valence-corrected chi connectivity index (χ2v) is 4.45. The molecular formula is C8H8Br2O4. The van der Waals surface area contributed by atoms with E-state index in [2.05, 4.69) is 36.6 Å². The maximum atomic E-state index is 11.2. The van der Waals surface area contributed by atoms with Crippen LogP contribution in [0.5, 0.6) is 0 Å². The Kier molecular flexibility index (Phi) is 3.71. The SMILES string of the molecule is COC(=O)C(C)[C@H]1OC(=O)C(Br)=C1Br. The van der Waals surface area contributed by atoms with Crippen molar-refractivity contribution < 1.29 is 19.1 Å². The van der Waals surface area contributed by atoms with Gasteiger partial charge in [-0.2, -0.15) is 0 Å². The molecular weight excluding hydrogens is 320 g/mol.